The fourth-order valence-corrected chi connectivity index (χ4v) is 1.35. The molecule has 3 nitrogen and oxygen atoms in total. The minimum Gasteiger partial charge on any atom is -0.370 e. The third kappa shape index (κ3) is 6.13. The van der Waals surface area contributed by atoms with Crippen molar-refractivity contribution < 1.29 is 8.78 Å². The zero-order valence-electron chi connectivity index (χ0n) is 10.2. The van der Waals surface area contributed by atoms with Gasteiger partial charge in [-0.2, -0.15) is 0 Å². The summed E-state index contributed by atoms with van der Waals surface area (Å²) >= 11 is 0. The molecule has 0 radical (unpaired) electrons. The predicted octanol–water partition coefficient (Wildman–Crippen LogP) is 2.44. The van der Waals surface area contributed by atoms with Gasteiger partial charge in [-0.1, -0.05) is 6.92 Å². The minimum absolute atomic E-state index is 0. The van der Waals surface area contributed by atoms with E-state index in [-0.39, 0.29) is 24.0 Å². The van der Waals surface area contributed by atoms with Gasteiger partial charge in [0.1, 0.15) is 11.6 Å². The number of benzene rings is 1. The van der Waals surface area contributed by atoms with E-state index in [1.807, 2.05) is 6.92 Å². The molecule has 0 aliphatic carbocycles. The smallest absolute Gasteiger partial charge is 0.188 e. The molecule has 102 valence electrons. The topological polar surface area (TPSA) is 50.4 Å². The molecular formula is C12H18F2IN3. The van der Waals surface area contributed by atoms with Gasteiger partial charge in [-0.15, -0.1) is 24.0 Å². The van der Waals surface area contributed by atoms with E-state index in [1.54, 1.807) is 0 Å². The molecule has 0 unspecified atom stereocenters. The van der Waals surface area contributed by atoms with Gasteiger partial charge in [0.05, 0.1) is 0 Å². The number of hydrogen-bond acceptors (Lipinski definition) is 1. The van der Waals surface area contributed by atoms with Gasteiger partial charge in [-0.05, 0) is 36.6 Å². The van der Waals surface area contributed by atoms with E-state index < -0.39 is 11.6 Å². The van der Waals surface area contributed by atoms with Crippen molar-refractivity contribution in [1.29, 1.82) is 0 Å². The van der Waals surface area contributed by atoms with Crippen molar-refractivity contribution in [2.75, 3.05) is 13.1 Å². The van der Waals surface area contributed by atoms with Crippen molar-refractivity contribution in [3.8, 4) is 0 Å². The molecule has 0 heterocycles. The first-order valence-electron chi connectivity index (χ1n) is 5.61. The van der Waals surface area contributed by atoms with Gasteiger partial charge in [-0.25, -0.2) is 8.78 Å². The quantitative estimate of drug-likeness (QED) is 0.476. The van der Waals surface area contributed by atoms with Gasteiger partial charge in [0, 0.05) is 13.1 Å². The Bertz CT molecular complexity index is 397. The van der Waals surface area contributed by atoms with E-state index in [1.165, 1.54) is 6.07 Å². The molecule has 6 heteroatoms. The Balaban J connectivity index is 0.00000289. The van der Waals surface area contributed by atoms with E-state index in [2.05, 4.69) is 10.3 Å². The predicted molar refractivity (Wildman–Crippen MR) is 80.3 cm³/mol. The maximum Gasteiger partial charge on any atom is 0.188 e. The Morgan fingerprint density at radius 3 is 2.78 bits per heavy atom. The van der Waals surface area contributed by atoms with Crippen LogP contribution in [0, 0.1) is 11.6 Å². The molecule has 3 N–H and O–H groups in total. The molecule has 0 spiro atoms. The summed E-state index contributed by atoms with van der Waals surface area (Å²) in [6.45, 7) is 3.09. The number of halogens is 3. The Morgan fingerprint density at radius 2 is 2.11 bits per heavy atom. The first-order valence-corrected chi connectivity index (χ1v) is 5.61. The first-order chi connectivity index (χ1) is 8.13. The fourth-order valence-electron chi connectivity index (χ4n) is 1.35. The van der Waals surface area contributed by atoms with Gasteiger partial charge in [0.15, 0.2) is 5.96 Å². The first kappa shape index (κ1) is 17.1. The van der Waals surface area contributed by atoms with Crippen molar-refractivity contribution >= 4 is 29.9 Å². The maximum atomic E-state index is 13.2. The van der Waals surface area contributed by atoms with Crippen LogP contribution in [-0.2, 0) is 6.42 Å². The summed E-state index contributed by atoms with van der Waals surface area (Å²) in [6.07, 6.45) is 1.28. The van der Waals surface area contributed by atoms with Crippen LogP contribution < -0.4 is 11.1 Å². The Morgan fingerprint density at radius 1 is 1.39 bits per heavy atom. The van der Waals surface area contributed by atoms with E-state index in [4.69, 9.17) is 5.73 Å². The van der Waals surface area contributed by atoms with E-state index in [0.29, 0.717) is 31.0 Å². The third-order valence-electron chi connectivity index (χ3n) is 2.21. The summed E-state index contributed by atoms with van der Waals surface area (Å²) in [7, 11) is 0. The number of nitrogens with zero attached hydrogens (tertiary/aromatic N) is 1. The fraction of sp³-hybridized carbons (Fsp3) is 0.417. The van der Waals surface area contributed by atoms with Gasteiger partial charge >= 0.3 is 0 Å². The second-order valence-electron chi connectivity index (χ2n) is 3.68. The number of guanidine groups is 1. The molecule has 0 amide bonds. The molecule has 0 saturated heterocycles. The summed E-state index contributed by atoms with van der Waals surface area (Å²) in [5.74, 6) is -0.505. The van der Waals surface area contributed by atoms with Crippen molar-refractivity contribution in [3.05, 3.63) is 35.4 Å². The molecule has 0 atom stereocenters. The van der Waals surface area contributed by atoms with Gasteiger partial charge in [0.25, 0.3) is 0 Å². The SMILES string of the molecule is CCCN=C(N)NCCc1cc(F)ccc1F.I. The maximum absolute atomic E-state index is 13.2. The lowest BCUT2D eigenvalue weighted by Crippen LogP contribution is -2.33. The molecule has 0 aliphatic rings. The lowest BCUT2D eigenvalue weighted by Gasteiger charge is -2.06. The van der Waals surface area contributed by atoms with Crippen LogP contribution in [-0.4, -0.2) is 19.0 Å². The van der Waals surface area contributed by atoms with Crippen molar-refractivity contribution in [2.45, 2.75) is 19.8 Å². The van der Waals surface area contributed by atoms with Crippen LogP contribution in [0.4, 0.5) is 8.78 Å². The highest BCUT2D eigenvalue weighted by Crippen LogP contribution is 2.09. The van der Waals surface area contributed by atoms with Crippen LogP contribution in [0.15, 0.2) is 23.2 Å². The van der Waals surface area contributed by atoms with Gasteiger partial charge < -0.3 is 11.1 Å². The lowest BCUT2D eigenvalue weighted by atomic mass is 10.1. The molecular weight excluding hydrogens is 351 g/mol. The summed E-state index contributed by atoms with van der Waals surface area (Å²) in [5, 5.41) is 2.85. The van der Waals surface area contributed by atoms with E-state index in [0.717, 1.165) is 18.6 Å². The van der Waals surface area contributed by atoms with Crippen LogP contribution in [0.1, 0.15) is 18.9 Å². The minimum atomic E-state index is -0.436. The number of hydrogen-bond donors (Lipinski definition) is 2. The zero-order valence-corrected chi connectivity index (χ0v) is 12.6. The highest BCUT2D eigenvalue weighted by molar-refractivity contribution is 14.0. The highest BCUT2D eigenvalue weighted by atomic mass is 127. The molecule has 0 aromatic heterocycles. The summed E-state index contributed by atoms with van der Waals surface area (Å²) in [5.41, 5.74) is 5.90. The molecule has 1 aromatic carbocycles. The summed E-state index contributed by atoms with van der Waals surface area (Å²) < 4.78 is 26.1. The lowest BCUT2D eigenvalue weighted by molar-refractivity contribution is 0.583. The number of aliphatic imine (C=N–C) groups is 1. The average Bonchev–Trinajstić information content (AvgIpc) is 2.31. The highest BCUT2D eigenvalue weighted by Gasteiger charge is 2.03. The number of nitrogens with one attached hydrogen (secondary N) is 1. The number of rotatable bonds is 5. The Hall–Kier alpha value is -0.920. The largest absolute Gasteiger partial charge is 0.370 e. The van der Waals surface area contributed by atoms with Crippen LogP contribution >= 0.6 is 24.0 Å². The van der Waals surface area contributed by atoms with Crippen molar-refractivity contribution in [1.82, 2.24) is 5.32 Å². The van der Waals surface area contributed by atoms with Crippen LogP contribution in [0.3, 0.4) is 0 Å². The van der Waals surface area contributed by atoms with Crippen molar-refractivity contribution in [2.24, 2.45) is 10.7 Å². The molecule has 1 aromatic rings. The summed E-state index contributed by atoms with van der Waals surface area (Å²) in [4.78, 5) is 4.03. The van der Waals surface area contributed by atoms with Crippen molar-refractivity contribution in [3.63, 3.8) is 0 Å². The molecule has 0 saturated carbocycles. The van der Waals surface area contributed by atoms with Crippen LogP contribution in [0.5, 0.6) is 0 Å². The van der Waals surface area contributed by atoms with Gasteiger partial charge in [-0.3, -0.25) is 4.99 Å². The van der Waals surface area contributed by atoms with Gasteiger partial charge in [0.2, 0.25) is 0 Å². The van der Waals surface area contributed by atoms with E-state index in [9.17, 15) is 8.78 Å². The molecule has 18 heavy (non-hydrogen) atoms. The molecule has 0 fully saturated rings. The molecule has 0 aliphatic heterocycles. The molecule has 1 rings (SSSR count). The normalized spacial score (nSPS) is 10.9. The third-order valence-corrected chi connectivity index (χ3v) is 2.21. The Kier molecular flexibility index (Phi) is 8.61. The van der Waals surface area contributed by atoms with Crippen LogP contribution in [0.25, 0.3) is 0 Å². The standard InChI is InChI=1S/C12H17F2N3.HI/c1-2-6-16-12(15)17-7-5-9-8-10(13)3-4-11(9)14;/h3-4,8H,2,5-7H2,1H3,(H3,15,16,17);1H. The summed E-state index contributed by atoms with van der Waals surface area (Å²) in [6, 6.07) is 3.42. The van der Waals surface area contributed by atoms with Crippen LogP contribution in [0.2, 0.25) is 0 Å². The average molecular weight is 369 g/mol. The monoisotopic (exact) mass is 369 g/mol. The molecule has 0 bridgehead atoms. The van der Waals surface area contributed by atoms with E-state index >= 15 is 0 Å². The second kappa shape index (κ2) is 9.07. The second-order valence-corrected chi connectivity index (χ2v) is 3.68. The Labute approximate surface area is 123 Å². The zero-order chi connectivity index (χ0) is 12.7. The number of nitrogens with two attached hydrogens (primary N) is 1.